The van der Waals surface area contributed by atoms with Gasteiger partial charge >= 0.3 is 0 Å². The Bertz CT molecular complexity index is 738. The topological polar surface area (TPSA) is 82.2 Å². The molecule has 0 saturated carbocycles. The summed E-state index contributed by atoms with van der Waals surface area (Å²) in [6.07, 6.45) is 0.888. The Hall–Kier alpha value is -2.91. The maximum absolute atomic E-state index is 10.9. The Labute approximate surface area is 141 Å². The molecule has 0 fully saturated rings. The first kappa shape index (κ1) is 17.4. The van der Waals surface area contributed by atoms with Gasteiger partial charge in [-0.25, -0.2) is 0 Å². The van der Waals surface area contributed by atoms with Crippen LogP contribution in [0.1, 0.15) is 11.1 Å². The predicted molar refractivity (Wildman–Crippen MR) is 93.9 cm³/mol. The Morgan fingerprint density at radius 1 is 1.25 bits per heavy atom. The zero-order chi connectivity index (χ0) is 17.5. The van der Waals surface area contributed by atoms with Crippen molar-refractivity contribution >= 4 is 11.4 Å². The Morgan fingerprint density at radius 2 is 1.96 bits per heavy atom. The van der Waals surface area contributed by atoms with Gasteiger partial charge in [-0.05, 0) is 38.2 Å². The molecule has 1 N–H and O–H groups in total. The van der Waals surface area contributed by atoms with Gasteiger partial charge in [0.2, 0.25) is 0 Å². The second-order valence-electron chi connectivity index (χ2n) is 5.79. The van der Waals surface area contributed by atoms with E-state index in [2.05, 4.69) is 22.3 Å². The Morgan fingerprint density at radius 3 is 2.54 bits per heavy atom. The number of likely N-dealkylation sites (N-methyl/N-ethyl adjacent to an activating group) is 1. The summed E-state index contributed by atoms with van der Waals surface area (Å²) in [4.78, 5) is 12.5. The van der Waals surface area contributed by atoms with E-state index in [0.29, 0.717) is 12.2 Å². The van der Waals surface area contributed by atoms with Crippen molar-refractivity contribution in [1.82, 2.24) is 4.90 Å². The molecule has 6 nitrogen and oxygen atoms in total. The molecular weight excluding hydrogens is 304 g/mol. The van der Waals surface area contributed by atoms with Gasteiger partial charge in [-0.1, -0.05) is 30.3 Å². The number of hydrogen-bond acceptors (Lipinski definition) is 5. The Balaban J connectivity index is 2.07. The lowest BCUT2D eigenvalue weighted by Gasteiger charge is -2.25. The maximum atomic E-state index is 10.9. The SMILES string of the molecule is CN(C)[C@@H](CNc1ccc([N+](=O)[O-])c(C#N)c1)Cc1ccccc1. The number of nitrogens with zero attached hydrogens (tertiary/aromatic N) is 3. The molecule has 124 valence electrons. The van der Waals surface area contributed by atoms with Gasteiger partial charge in [0.25, 0.3) is 5.69 Å². The summed E-state index contributed by atoms with van der Waals surface area (Å²) in [6, 6.07) is 16.9. The molecular formula is C18H20N4O2. The third kappa shape index (κ3) is 4.54. The quantitative estimate of drug-likeness (QED) is 0.625. The lowest BCUT2D eigenvalue weighted by Crippen LogP contribution is -2.36. The molecule has 0 aliphatic carbocycles. The van der Waals surface area contributed by atoms with Crippen LogP contribution in [0.15, 0.2) is 48.5 Å². The average Bonchev–Trinajstić information content (AvgIpc) is 2.58. The molecule has 0 saturated heterocycles. The fourth-order valence-electron chi connectivity index (χ4n) is 2.45. The fourth-order valence-corrected chi connectivity index (χ4v) is 2.45. The second-order valence-corrected chi connectivity index (χ2v) is 5.79. The van der Waals surface area contributed by atoms with Crippen molar-refractivity contribution in [2.24, 2.45) is 0 Å². The molecule has 0 aromatic heterocycles. The van der Waals surface area contributed by atoms with Gasteiger partial charge in [0.15, 0.2) is 0 Å². The van der Waals surface area contributed by atoms with Crippen LogP contribution in [0.5, 0.6) is 0 Å². The second kappa shape index (κ2) is 8.09. The minimum atomic E-state index is -0.541. The van der Waals surface area contributed by atoms with Crippen LogP contribution in [0.2, 0.25) is 0 Å². The molecule has 2 aromatic carbocycles. The van der Waals surface area contributed by atoms with Crippen LogP contribution in [-0.2, 0) is 6.42 Å². The summed E-state index contributed by atoms with van der Waals surface area (Å²) in [6.45, 7) is 0.671. The van der Waals surface area contributed by atoms with Gasteiger partial charge in [0, 0.05) is 24.3 Å². The van der Waals surface area contributed by atoms with Gasteiger partial charge in [-0.15, -0.1) is 0 Å². The van der Waals surface area contributed by atoms with Crippen molar-refractivity contribution in [3.05, 3.63) is 69.8 Å². The van der Waals surface area contributed by atoms with Crippen LogP contribution in [0.3, 0.4) is 0 Å². The van der Waals surface area contributed by atoms with Crippen LogP contribution in [-0.4, -0.2) is 36.5 Å². The highest BCUT2D eigenvalue weighted by molar-refractivity contribution is 5.58. The predicted octanol–water partition coefficient (Wildman–Crippen LogP) is 3.05. The number of nitro groups is 1. The number of nitrogens with one attached hydrogen (secondary N) is 1. The largest absolute Gasteiger partial charge is 0.383 e. The maximum Gasteiger partial charge on any atom is 0.287 e. The number of hydrogen-bond donors (Lipinski definition) is 1. The monoisotopic (exact) mass is 324 g/mol. The fraction of sp³-hybridized carbons (Fsp3) is 0.278. The van der Waals surface area contributed by atoms with Crippen LogP contribution >= 0.6 is 0 Å². The molecule has 0 spiro atoms. The number of anilines is 1. The highest BCUT2D eigenvalue weighted by Gasteiger charge is 2.15. The third-order valence-corrected chi connectivity index (χ3v) is 3.90. The molecule has 0 radical (unpaired) electrons. The van der Waals surface area contributed by atoms with Crippen molar-refractivity contribution in [2.45, 2.75) is 12.5 Å². The van der Waals surface area contributed by atoms with E-state index in [1.165, 1.54) is 17.7 Å². The van der Waals surface area contributed by atoms with Gasteiger partial charge < -0.3 is 10.2 Å². The summed E-state index contributed by atoms with van der Waals surface area (Å²) in [5.74, 6) is 0. The minimum absolute atomic E-state index is 0.0643. The Kier molecular flexibility index (Phi) is 5.88. The van der Waals surface area contributed by atoms with Crippen LogP contribution in [0.4, 0.5) is 11.4 Å². The molecule has 2 aromatic rings. The molecule has 2 rings (SSSR count). The molecule has 0 bridgehead atoms. The van der Waals surface area contributed by atoms with Crippen LogP contribution < -0.4 is 5.32 Å². The lowest BCUT2D eigenvalue weighted by molar-refractivity contribution is -0.385. The van der Waals surface area contributed by atoms with Crippen LogP contribution in [0.25, 0.3) is 0 Å². The molecule has 1 atom stereocenters. The molecule has 0 heterocycles. The summed E-state index contributed by atoms with van der Waals surface area (Å²) in [5.41, 5.74) is 1.85. The molecule has 24 heavy (non-hydrogen) atoms. The van der Waals surface area contributed by atoms with Crippen LogP contribution in [0, 0.1) is 21.4 Å². The van der Waals surface area contributed by atoms with Crippen molar-refractivity contribution in [1.29, 1.82) is 5.26 Å². The summed E-state index contributed by atoms with van der Waals surface area (Å²) in [7, 11) is 4.04. The van der Waals surface area contributed by atoms with E-state index in [-0.39, 0.29) is 17.3 Å². The first-order chi connectivity index (χ1) is 11.5. The summed E-state index contributed by atoms with van der Waals surface area (Å²) >= 11 is 0. The lowest BCUT2D eigenvalue weighted by atomic mass is 10.0. The zero-order valence-corrected chi connectivity index (χ0v) is 13.8. The van der Waals surface area contributed by atoms with E-state index in [0.717, 1.165) is 6.42 Å². The first-order valence-corrected chi connectivity index (χ1v) is 7.64. The number of rotatable bonds is 7. The van der Waals surface area contributed by atoms with E-state index in [4.69, 9.17) is 5.26 Å². The smallest absolute Gasteiger partial charge is 0.287 e. The third-order valence-electron chi connectivity index (χ3n) is 3.90. The highest BCUT2D eigenvalue weighted by Crippen LogP contribution is 2.22. The van der Waals surface area contributed by atoms with E-state index >= 15 is 0 Å². The zero-order valence-electron chi connectivity index (χ0n) is 13.8. The van der Waals surface area contributed by atoms with Gasteiger partial charge in [-0.3, -0.25) is 10.1 Å². The molecule has 0 aliphatic rings. The average molecular weight is 324 g/mol. The van der Waals surface area contributed by atoms with E-state index in [1.807, 2.05) is 38.4 Å². The number of nitriles is 1. The van der Waals surface area contributed by atoms with Gasteiger partial charge in [0.1, 0.15) is 11.6 Å². The molecule has 0 aliphatic heterocycles. The van der Waals surface area contributed by atoms with Crippen molar-refractivity contribution in [3.8, 4) is 6.07 Å². The standard InChI is InChI=1S/C18H20N4O2/c1-21(2)17(10-14-6-4-3-5-7-14)13-20-16-8-9-18(22(23)24)15(11-16)12-19/h3-9,11,17,20H,10,13H2,1-2H3/t17-/m1/s1. The number of benzene rings is 2. The molecule has 0 unspecified atom stereocenters. The van der Waals surface area contributed by atoms with Crippen molar-refractivity contribution < 1.29 is 4.92 Å². The molecule has 0 amide bonds. The minimum Gasteiger partial charge on any atom is -0.383 e. The highest BCUT2D eigenvalue weighted by atomic mass is 16.6. The van der Waals surface area contributed by atoms with Crippen molar-refractivity contribution in [3.63, 3.8) is 0 Å². The normalized spacial score (nSPS) is 11.8. The van der Waals surface area contributed by atoms with E-state index in [1.54, 1.807) is 6.07 Å². The van der Waals surface area contributed by atoms with E-state index in [9.17, 15) is 10.1 Å². The summed E-state index contributed by atoms with van der Waals surface area (Å²) < 4.78 is 0. The van der Waals surface area contributed by atoms with Crippen molar-refractivity contribution in [2.75, 3.05) is 26.0 Å². The van der Waals surface area contributed by atoms with Gasteiger partial charge in [0.05, 0.1) is 4.92 Å². The molecule has 6 heteroatoms. The van der Waals surface area contributed by atoms with E-state index < -0.39 is 4.92 Å². The number of nitro benzene ring substituents is 1. The van der Waals surface area contributed by atoms with Gasteiger partial charge in [-0.2, -0.15) is 5.26 Å². The summed E-state index contributed by atoms with van der Waals surface area (Å²) in [5, 5.41) is 23.2. The first-order valence-electron chi connectivity index (χ1n) is 7.64.